The van der Waals surface area contributed by atoms with Crippen molar-refractivity contribution in [3.05, 3.63) is 36.7 Å². The van der Waals surface area contributed by atoms with Crippen LogP contribution < -0.4 is 20.7 Å². The molecule has 1 aliphatic rings. The lowest BCUT2D eigenvalue weighted by atomic mass is 10.1. The van der Waals surface area contributed by atoms with Crippen LogP contribution in [0.3, 0.4) is 0 Å². The number of carbonyl (C=O) groups is 1. The predicted molar refractivity (Wildman–Crippen MR) is 99.3 cm³/mol. The number of nitrogens with one attached hydrogen (secondary N) is 3. The van der Waals surface area contributed by atoms with E-state index < -0.39 is 0 Å². The minimum absolute atomic E-state index is 0. The van der Waals surface area contributed by atoms with Crippen LogP contribution in [0.25, 0.3) is 11.3 Å². The van der Waals surface area contributed by atoms with Gasteiger partial charge >= 0.3 is 6.03 Å². The fraction of sp³-hybridized carbons (Fsp3) is 0.353. The van der Waals surface area contributed by atoms with E-state index in [-0.39, 0.29) is 24.5 Å². The first kappa shape index (κ1) is 19.0. The summed E-state index contributed by atoms with van der Waals surface area (Å²) >= 11 is 0. The zero-order valence-electron chi connectivity index (χ0n) is 14.0. The van der Waals surface area contributed by atoms with Gasteiger partial charge in [0.05, 0.1) is 12.8 Å². The molecular weight excluding hydrogens is 342 g/mol. The molecule has 2 aromatic rings. The van der Waals surface area contributed by atoms with Gasteiger partial charge in [0.25, 0.3) is 0 Å². The minimum atomic E-state index is -0.239. The highest BCUT2D eigenvalue weighted by Crippen LogP contribution is 2.23. The zero-order valence-corrected chi connectivity index (χ0v) is 14.8. The Kier molecular flexibility index (Phi) is 6.97. The molecule has 1 aromatic heterocycles. The Labute approximate surface area is 153 Å². The highest BCUT2D eigenvalue weighted by atomic mass is 35.5. The van der Waals surface area contributed by atoms with E-state index in [1.807, 2.05) is 24.3 Å². The third-order valence-electron chi connectivity index (χ3n) is 3.95. The van der Waals surface area contributed by atoms with Crippen LogP contribution in [-0.2, 0) is 0 Å². The summed E-state index contributed by atoms with van der Waals surface area (Å²) in [6, 6.07) is 9.30. The Bertz CT molecular complexity index is 707. The maximum Gasteiger partial charge on any atom is 0.320 e. The van der Waals surface area contributed by atoms with Gasteiger partial charge in [-0.15, -0.1) is 12.4 Å². The number of hydrogen-bond donors (Lipinski definition) is 3. The van der Waals surface area contributed by atoms with E-state index in [0.29, 0.717) is 5.82 Å². The van der Waals surface area contributed by atoms with Crippen LogP contribution in [0.5, 0.6) is 5.75 Å². The van der Waals surface area contributed by atoms with Gasteiger partial charge in [-0.25, -0.2) is 14.8 Å². The number of benzene rings is 1. The maximum absolute atomic E-state index is 12.1. The third-order valence-corrected chi connectivity index (χ3v) is 3.95. The minimum Gasteiger partial charge on any atom is -0.497 e. The van der Waals surface area contributed by atoms with Crippen molar-refractivity contribution < 1.29 is 9.53 Å². The summed E-state index contributed by atoms with van der Waals surface area (Å²) in [7, 11) is 1.62. The number of halogens is 1. The van der Waals surface area contributed by atoms with Gasteiger partial charge in [0.1, 0.15) is 17.9 Å². The number of ether oxygens (including phenoxy) is 1. The lowest BCUT2D eigenvalue weighted by Crippen LogP contribution is -2.44. The van der Waals surface area contributed by atoms with Gasteiger partial charge in [0, 0.05) is 17.7 Å². The van der Waals surface area contributed by atoms with Crippen molar-refractivity contribution in [2.24, 2.45) is 0 Å². The lowest BCUT2D eigenvalue weighted by molar-refractivity contribution is 0.245. The Balaban J connectivity index is 0.00000225. The molecule has 25 heavy (non-hydrogen) atoms. The summed E-state index contributed by atoms with van der Waals surface area (Å²) in [5, 5.41) is 9.02. The fourth-order valence-electron chi connectivity index (χ4n) is 2.67. The normalized spacial score (nSPS) is 14.3. The van der Waals surface area contributed by atoms with Crippen LogP contribution >= 0.6 is 12.4 Å². The molecule has 2 heterocycles. The first-order valence-electron chi connectivity index (χ1n) is 7.99. The lowest BCUT2D eigenvalue weighted by Gasteiger charge is -2.23. The standard InChI is InChI=1S/C17H21N5O2.ClH/c1-24-14-4-2-3-12(9-14)15-10-16(20-11-19-15)22-17(23)21-13-5-7-18-8-6-13;/h2-4,9-11,13,18H,5-8H2,1H3,(H2,19,20,21,22,23);1H. The summed E-state index contributed by atoms with van der Waals surface area (Å²) in [5.41, 5.74) is 1.62. The number of methoxy groups -OCH3 is 1. The molecule has 2 amide bonds. The molecule has 0 aliphatic carbocycles. The summed E-state index contributed by atoms with van der Waals surface area (Å²) in [4.78, 5) is 20.5. The zero-order chi connectivity index (χ0) is 16.8. The number of urea groups is 1. The average Bonchev–Trinajstić information content (AvgIpc) is 2.63. The molecule has 134 valence electrons. The van der Waals surface area contributed by atoms with Crippen LogP contribution in [0.1, 0.15) is 12.8 Å². The molecule has 0 saturated carbocycles. The highest BCUT2D eigenvalue weighted by molar-refractivity contribution is 5.89. The Morgan fingerprint density at radius 2 is 2.04 bits per heavy atom. The van der Waals surface area contributed by atoms with E-state index in [4.69, 9.17) is 4.74 Å². The molecule has 3 rings (SSSR count). The first-order valence-corrected chi connectivity index (χ1v) is 7.99. The topological polar surface area (TPSA) is 88.2 Å². The Morgan fingerprint density at radius 1 is 1.24 bits per heavy atom. The molecule has 8 heteroatoms. The molecule has 7 nitrogen and oxygen atoms in total. The van der Waals surface area contributed by atoms with Crippen LogP contribution in [0.4, 0.5) is 10.6 Å². The van der Waals surface area contributed by atoms with Crippen molar-refractivity contribution >= 4 is 24.3 Å². The molecule has 0 unspecified atom stereocenters. The van der Waals surface area contributed by atoms with Gasteiger partial charge < -0.3 is 15.4 Å². The van der Waals surface area contributed by atoms with Crippen molar-refractivity contribution in [2.75, 3.05) is 25.5 Å². The van der Waals surface area contributed by atoms with Crippen LogP contribution in [0.2, 0.25) is 0 Å². The number of carbonyl (C=O) groups excluding carboxylic acids is 1. The number of hydrogen-bond acceptors (Lipinski definition) is 5. The number of rotatable bonds is 4. The summed E-state index contributed by atoms with van der Waals surface area (Å²) < 4.78 is 5.23. The number of nitrogens with zero attached hydrogens (tertiary/aromatic N) is 2. The van der Waals surface area contributed by atoms with E-state index >= 15 is 0 Å². The first-order chi connectivity index (χ1) is 11.7. The molecule has 1 saturated heterocycles. The second kappa shape index (κ2) is 9.19. The van der Waals surface area contributed by atoms with Crippen molar-refractivity contribution in [3.8, 4) is 17.0 Å². The Hall–Kier alpha value is -2.38. The molecule has 0 spiro atoms. The molecule has 1 aromatic carbocycles. The Morgan fingerprint density at radius 3 is 2.80 bits per heavy atom. The second-order valence-electron chi connectivity index (χ2n) is 5.64. The van der Waals surface area contributed by atoms with E-state index in [2.05, 4.69) is 25.9 Å². The van der Waals surface area contributed by atoms with Crippen LogP contribution in [-0.4, -0.2) is 42.2 Å². The van der Waals surface area contributed by atoms with Gasteiger partial charge in [0.15, 0.2) is 0 Å². The van der Waals surface area contributed by atoms with Gasteiger partial charge in [-0.2, -0.15) is 0 Å². The van der Waals surface area contributed by atoms with Gasteiger partial charge in [0.2, 0.25) is 0 Å². The van der Waals surface area contributed by atoms with E-state index in [1.165, 1.54) is 6.33 Å². The van der Waals surface area contributed by atoms with E-state index in [0.717, 1.165) is 42.9 Å². The smallest absolute Gasteiger partial charge is 0.320 e. The van der Waals surface area contributed by atoms with Gasteiger partial charge in [-0.05, 0) is 38.1 Å². The third kappa shape index (κ3) is 5.30. The fourth-order valence-corrected chi connectivity index (χ4v) is 2.67. The highest BCUT2D eigenvalue weighted by Gasteiger charge is 2.15. The largest absolute Gasteiger partial charge is 0.497 e. The average molecular weight is 364 g/mol. The maximum atomic E-state index is 12.1. The van der Waals surface area contributed by atoms with Crippen LogP contribution in [0.15, 0.2) is 36.7 Å². The number of anilines is 1. The quantitative estimate of drug-likeness (QED) is 0.776. The molecule has 3 N–H and O–H groups in total. The van der Waals surface area contributed by atoms with Gasteiger partial charge in [-0.1, -0.05) is 12.1 Å². The monoisotopic (exact) mass is 363 g/mol. The summed E-state index contributed by atoms with van der Waals surface area (Å²) in [5.74, 6) is 1.22. The molecule has 1 aliphatic heterocycles. The molecular formula is C17H22ClN5O2. The van der Waals surface area contributed by atoms with Gasteiger partial charge in [-0.3, -0.25) is 5.32 Å². The summed E-state index contributed by atoms with van der Waals surface area (Å²) in [6.07, 6.45) is 3.31. The molecule has 0 bridgehead atoms. The van der Waals surface area contributed by atoms with Crippen molar-refractivity contribution in [1.82, 2.24) is 20.6 Å². The van der Waals surface area contributed by atoms with E-state index in [9.17, 15) is 4.79 Å². The van der Waals surface area contributed by atoms with Crippen molar-refractivity contribution in [3.63, 3.8) is 0 Å². The molecule has 0 atom stereocenters. The number of aromatic nitrogens is 2. The molecule has 0 radical (unpaired) electrons. The second-order valence-corrected chi connectivity index (χ2v) is 5.64. The summed E-state index contributed by atoms with van der Waals surface area (Å²) in [6.45, 7) is 1.86. The van der Waals surface area contributed by atoms with Crippen molar-refractivity contribution in [2.45, 2.75) is 18.9 Å². The SMILES string of the molecule is COc1cccc(-c2cc(NC(=O)NC3CCNCC3)ncn2)c1.Cl. The predicted octanol–water partition coefficient (Wildman–Crippen LogP) is 2.45. The molecule has 1 fully saturated rings. The number of piperidine rings is 1. The van der Waals surface area contributed by atoms with Crippen molar-refractivity contribution in [1.29, 1.82) is 0 Å². The number of amides is 2. The van der Waals surface area contributed by atoms with Crippen LogP contribution in [0, 0.1) is 0 Å². The van der Waals surface area contributed by atoms with E-state index in [1.54, 1.807) is 13.2 Å².